The average molecular weight is 366 g/mol. The third-order valence-corrected chi connectivity index (χ3v) is 5.87. The van der Waals surface area contributed by atoms with Crippen LogP contribution < -0.4 is 5.56 Å². The van der Waals surface area contributed by atoms with Crippen LogP contribution in [0.4, 0.5) is 0 Å². The van der Waals surface area contributed by atoms with E-state index in [1.165, 1.54) is 0 Å². The van der Waals surface area contributed by atoms with Crippen molar-refractivity contribution < 1.29 is 4.79 Å². The molecule has 1 spiro atoms. The first-order valence-corrected chi connectivity index (χ1v) is 9.64. The SMILES string of the molecule is CC(C)(C)c1nc2c(c(=O)[nH]1)CCC21CCCN(C(=O)c2ccncc2)C1. The predicted molar refractivity (Wildman–Crippen MR) is 103 cm³/mol. The van der Waals surface area contributed by atoms with E-state index < -0.39 is 0 Å². The molecule has 0 bridgehead atoms. The standard InChI is InChI=1S/C21H26N4O2/c1-20(2,3)19-23-16-15(17(26)24-19)5-9-21(16)8-4-12-25(13-21)18(27)14-6-10-22-11-7-14/h6-7,10-11H,4-5,8-9,12-13H2,1-3H3,(H,23,24,26). The van der Waals surface area contributed by atoms with E-state index >= 15 is 0 Å². The number of nitrogens with one attached hydrogen (secondary N) is 1. The lowest BCUT2D eigenvalue weighted by Gasteiger charge is -2.40. The fraction of sp³-hybridized carbons (Fsp3) is 0.524. The van der Waals surface area contributed by atoms with Gasteiger partial charge in [-0.2, -0.15) is 0 Å². The lowest BCUT2D eigenvalue weighted by Crippen LogP contribution is -2.48. The van der Waals surface area contributed by atoms with Gasteiger partial charge in [0, 0.05) is 47.4 Å². The molecule has 1 amide bonds. The Morgan fingerprint density at radius 2 is 1.96 bits per heavy atom. The van der Waals surface area contributed by atoms with Crippen molar-refractivity contribution in [2.24, 2.45) is 0 Å². The van der Waals surface area contributed by atoms with Crippen molar-refractivity contribution in [3.8, 4) is 0 Å². The summed E-state index contributed by atoms with van der Waals surface area (Å²) in [5.41, 5.74) is 1.95. The number of piperidine rings is 1. The normalized spacial score (nSPS) is 22.1. The van der Waals surface area contributed by atoms with E-state index in [0.29, 0.717) is 12.1 Å². The Morgan fingerprint density at radius 3 is 2.67 bits per heavy atom. The van der Waals surface area contributed by atoms with Gasteiger partial charge in [0.25, 0.3) is 11.5 Å². The summed E-state index contributed by atoms with van der Waals surface area (Å²) >= 11 is 0. The zero-order chi connectivity index (χ0) is 19.2. The fourth-order valence-corrected chi connectivity index (χ4v) is 4.39. The zero-order valence-electron chi connectivity index (χ0n) is 16.2. The van der Waals surface area contributed by atoms with E-state index in [1.807, 2.05) is 4.90 Å². The lowest BCUT2D eigenvalue weighted by atomic mass is 9.77. The highest BCUT2D eigenvalue weighted by Crippen LogP contribution is 2.43. The Labute approximate surface area is 159 Å². The van der Waals surface area contributed by atoms with Gasteiger partial charge in [-0.15, -0.1) is 0 Å². The number of aromatic amines is 1. The summed E-state index contributed by atoms with van der Waals surface area (Å²) < 4.78 is 0. The molecule has 2 aromatic heterocycles. The van der Waals surface area contributed by atoms with E-state index in [1.54, 1.807) is 24.5 Å². The van der Waals surface area contributed by atoms with Crippen molar-refractivity contribution in [2.45, 2.75) is 57.3 Å². The Hall–Kier alpha value is -2.50. The highest BCUT2D eigenvalue weighted by Gasteiger charge is 2.46. The molecule has 3 heterocycles. The number of pyridine rings is 1. The second-order valence-corrected chi connectivity index (χ2v) is 8.84. The van der Waals surface area contributed by atoms with Crippen molar-refractivity contribution in [1.82, 2.24) is 19.9 Å². The number of carbonyl (C=O) groups is 1. The van der Waals surface area contributed by atoms with E-state index in [-0.39, 0.29) is 22.3 Å². The summed E-state index contributed by atoms with van der Waals surface area (Å²) in [7, 11) is 0. The first-order valence-electron chi connectivity index (χ1n) is 9.64. The Morgan fingerprint density at radius 1 is 1.22 bits per heavy atom. The second kappa shape index (κ2) is 6.29. The third-order valence-electron chi connectivity index (χ3n) is 5.87. The number of nitrogens with zero attached hydrogens (tertiary/aromatic N) is 3. The van der Waals surface area contributed by atoms with Crippen LogP contribution in [-0.2, 0) is 17.3 Å². The van der Waals surface area contributed by atoms with E-state index in [0.717, 1.165) is 49.3 Å². The summed E-state index contributed by atoms with van der Waals surface area (Å²) in [6.07, 6.45) is 6.81. The number of aromatic nitrogens is 3. The van der Waals surface area contributed by atoms with Crippen LogP contribution in [0, 0.1) is 0 Å². The minimum Gasteiger partial charge on any atom is -0.338 e. The van der Waals surface area contributed by atoms with Crippen molar-refractivity contribution in [2.75, 3.05) is 13.1 Å². The molecule has 27 heavy (non-hydrogen) atoms. The quantitative estimate of drug-likeness (QED) is 0.841. The van der Waals surface area contributed by atoms with Gasteiger partial charge in [-0.3, -0.25) is 14.6 Å². The first kappa shape index (κ1) is 17.9. The second-order valence-electron chi connectivity index (χ2n) is 8.84. The van der Waals surface area contributed by atoms with Crippen LogP contribution in [0.1, 0.15) is 67.5 Å². The van der Waals surface area contributed by atoms with Crippen LogP contribution in [0.5, 0.6) is 0 Å². The maximum absolute atomic E-state index is 13.0. The number of hydrogen-bond acceptors (Lipinski definition) is 4. The van der Waals surface area contributed by atoms with E-state index in [9.17, 15) is 9.59 Å². The third kappa shape index (κ3) is 3.07. The van der Waals surface area contributed by atoms with Crippen LogP contribution in [0.25, 0.3) is 0 Å². The molecule has 2 aromatic rings. The average Bonchev–Trinajstić information content (AvgIpc) is 3.00. The van der Waals surface area contributed by atoms with Crippen LogP contribution in [0.15, 0.2) is 29.3 Å². The number of amides is 1. The highest BCUT2D eigenvalue weighted by molar-refractivity contribution is 5.94. The molecule has 4 rings (SSSR count). The van der Waals surface area contributed by atoms with Crippen LogP contribution in [0.2, 0.25) is 0 Å². The minimum absolute atomic E-state index is 0.0145. The number of H-pyrrole nitrogens is 1. The summed E-state index contributed by atoms with van der Waals surface area (Å²) in [4.78, 5) is 39.4. The maximum atomic E-state index is 13.0. The summed E-state index contributed by atoms with van der Waals surface area (Å²) in [6, 6.07) is 3.51. The summed E-state index contributed by atoms with van der Waals surface area (Å²) in [5, 5.41) is 0. The number of fused-ring (bicyclic) bond motifs is 2. The molecular weight excluding hydrogens is 340 g/mol. The molecule has 1 fully saturated rings. The molecule has 0 radical (unpaired) electrons. The molecule has 1 saturated heterocycles. The molecular formula is C21H26N4O2. The molecule has 1 aliphatic heterocycles. The smallest absolute Gasteiger partial charge is 0.254 e. The van der Waals surface area contributed by atoms with Crippen molar-refractivity contribution in [3.63, 3.8) is 0 Å². The summed E-state index contributed by atoms with van der Waals surface area (Å²) in [5.74, 6) is 0.760. The van der Waals surface area contributed by atoms with Crippen molar-refractivity contribution >= 4 is 5.91 Å². The predicted octanol–water partition coefficient (Wildman–Crippen LogP) is 2.58. The van der Waals surface area contributed by atoms with E-state index in [2.05, 4.69) is 30.7 Å². The van der Waals surface area contributed by atoms with Gasteiger partial charge < -0.3 is 9.88 Å². The monoisotopic (exact) mass is 366 g/mol. The van der Waals surface area contributed by atoms with Crippen molar-refractivity contribution in [3.05, 3.63) is 57.5 Å². The molecule has 1 unspecified atom stereocenters. The topological polar surface area (TPSA) is 79.0 Å². The lowest BCUT2D eigenvalue weighted by molar-refractivity contribution is 0.0633. The molecule has 142 valence electrons. The molecule has 0 saturated carbocycles. The molecule has 6 heteroatoms. The number of likely N-dealkylation sites (tertiary alicyclic amines) is 1. The largest absolute Gasteiger partial charge is 0.338 e. The minimum atomic E-state index is -0.223. The maximum Gasteiger partial charge on any atom is 0.254 e. The first-order chi connectivity index (χ1) is 12.8. The summed E-state index contributed by atoms with van der Waals surface area (Å²) in [6.45, 7) is 7.53. The molecule has 1 N–H and O–H groups in total. The number of carbonyl (C=O) groups excluding carboxylic acids is 1. The van der Waals surface area contributed by atoms with Gasteiger partial charge in [-0.05, 0) is 37.8 Å². The Bertz CT molecular complexity index is 929. The van der Waals surface area contributed by atoms with Crippen LogP contribution >= 0.6 is 0 Å². The van der Waals surface area contributed by atoms with Gasteiger partial charge in [0.2, 0.25) is 0 Å². The molecule has 1 aliphatic carbocycles. The Balaban J connectivity index is 1.71. The zero-order valence-corrected chi connectivity index (χ0v) is 16.2. The molecule has 6 nitrogen and oxygen atoms in total. The van der Waals surface area contributed by atoms with Gasteiger partial charge in [0.05, 0.1) is 5.69 Å². The Kier molecular flexibility index (Phi) is 4.17. The number of hydrogen-bond donors (Lipinski definition) is 1. The van der Waals surface area contributed by atoms with E-state index in [4.69, 9.17) is 4.98 Å². The van der Waals surface area contributed by atoms with Crippen molar-refractivity contribution in [1.29, 1.82) is 0 Å². The van der Waals surface area contributed by atoms with Gasteiger partial charge in [0.1, 0.15) is 5.82 Å². The van der Waals surface area contributed by atoms with Gasteiger partial charge in [-0.25, -0.2) is 4.98 Å². The van der Waals surface area contributed by atoms with Gasteiger partial charge >= 0.3 is 0 Å². The molecule has 2 aliphatic rings. The van der Waals surface area contributed by atoms with Gasteiger partial charge in [0.15, 0.2) is 0 Å². The number of rotatable bonds is 1. The molecule has 1 atom stereocenters. The van der Waals surface area contributed by atoms with Gasteiger partial charge in [-0.1, -0.05) is 20.8 Å². The highest BCUT2D eigenvalue weighted by atomic mass is 16.2. The molecule has 0 aromatic carbocycles. The van der Waals surface area contributed by atoms with Crippen LogP contribution in [-0.4, -0.2) is 38.8 Å². The fourth-order valence-electron chi connectivity index (χ4n) is 4.39. The van der Waals surface area contributed by atoms with Crippen LogP contribution in [0.3, 0.4) is 0 Å².